The van der Waals surface area contributed by atoms with Gasteiger partial charge in [-0.25, -0.2) is 4.79 Å². The lowest BCUT2D eigenvalue weighted by atomic mass is 10.2. The zero-order chi connectivity index (χ0) is 15.8. The molecule has 114 valence electrons. The van der Waals surface area contributed by atoms with Crippen LogP contribution in [0.25, 0.3) is 0 Å². The Morgan fingerprint density at radius 3 is 2.15 bits per heavy atom. The molecule has 0 atom stereocenters. The van der Waals surface area contributed by atoms with Gasteiger partial charge < -0.3 is 9.16 Å². The van der Waals surface area contributed by atoms with E-state index in [9.17, 15) is 4.79 Å². The molecular weight excluding hydrogens is 270 g/mol. The molecule has 0 radical (unpaired) electrons. The summed E-state index contributed by atoms with van der Waals surface area (Å²) in [4.78, 5) is 11.9. The van der Waals surface area contributed by atoms with E-state index in [4.69, 9.17) is 9.16 Å². The van der Waals surface area contributed by atoms with Gasteiger partial charge in [0.25, 0.3) is 8.32 Å². The average molecular weight is 297 g/mol. The lowest BCUT2D eigenvalue weighted by Gasteiger charge is -2.36. The number of hydrogen-bond donors (Lipinski definition) is 0. The van der Waals surface area contributed by atoms with Crippen LogP contribution in [0, 0.1) is 0 Å². The third-order valence-corrected chi connectivity index (χ3v) is 7.81. The number of carbonyl (C=O) groups excluding carboxylic acids is 1. The zero-order valence-corrected chi connectivity index (χ0v) is 14.9. The Balaban J connectivity index is 2.81. The molecule has 0 aliphatic heterocycles. The van der Waals surface area contributed by atoms with Crippen molar-refractivity contribution in [3.63, 3.8) is 0 Å². The van der Waals surface area contributed by atoms with Crippen LogP contribution >= 0.6 is 0 Å². The van der Waals surface area contributed by atoms with Crippen LogP contribution in [0.3, 0.4) is 0 Å². The van der Waals surface area contributed by atoms with Gasteiger partial charge in [-0.1, -0.05) is 20.8 Å². The Morgan fingerprint density at radius 1 is 1.15 bits per heavy atom. The maximum Gasteiger partial charge on any atom is 0.418 e. The van der Waals surface area contributed by atoms with Crippen molar-refractivity contribution in [2.24, 2.45) is 0 Å². The predicted octanol–water partition coefficient (Wildman–Crippen LogP) is 4.66. The summed E-state index contributed by atoms with van der Waals surface area (Å²) in [5.41, 5.74) is -0.498. The van der Waals surface area contributed by atoms with Gasteiger partial charge in [0.15, 0.2) is 0 Å². The molecule has 20 heavy (non-hydrogen) atoms. The normalized spacial score (nSPS) is 13.2. The van der Waals surface area contributed by atoms with E-state index in [0.717, 1.165) is 5.75 Å². The summed E-state index contributed by atoms with van der Waals surface area (Å²) in [6.45, 7) is 16.5. The number of carbonyl (C=O) groups is 1. The molecular formula is C15H27NO3Si. The summed E-state index contributed by atoms with van der Waals surface area (Å²) in [6, 6.07) is 1.81. The van der Waals surface area contributed by atoms with Gasteiger partial charge in [-0.15, -0.1) is 0 Å². The molecule has 0 saturated heterocycles. The molecule has 1 heterocycles. The minimum absolute atomic E-state index is 0.126. The van der Waals surface area contributed by atoms with Gasteiger partial charge in [-0.05, 0) is 45.0 Å². The van der Waals surface area contributed by atoms with E-state index in [1.807, 2.05) is 26.8 Å². The fourth-order valence-electron chi connectivity index (χ4n) is 1.31. The van der Waals surface area contributed by atoms with Crippen molar-refractivity contribution >= 4 is 14.4 Å². The fourth-order valence-corrected chi connectivity index (χ4v) is 2.33. The summed E-state index contributed by atoms with van der Waals surface area (Å²) in [5, 5.41) is 0.126. The van der Waals surface area contributed by atoms with E-state index < -0.39 is 13.9 Å². The van der Waals surface area contributed by atoms with Crippen molar-refractivity contribution in [2.45, 2.75) is 65.3 Å². The van der Waals surface area contributed by atoms with Crippen molar-refractivity contribution in [3.05, 3.63) is 18.5 Å². The van der Waals surface area contributed by atoms with Gasteiger partial charge in [0.2, 0.25) is 0 Å². The molecule has 1 rings (SSSR count). The number of aromatic nitrogens is 1. The summed E-state index contributed by atoms with van der Waals surface area (Å²) in [7, 11) is -1.88. The van der Waals surface area contributed by atoms with Gasteiger partial charge >= 0.3 is 6.09 Å². The summed E-state index contributed by atoms with van der Waals surface area (Å²) >= 11 is 0. The topological polar surface area (TPSA) is 40.5 Å². The van der Waals surface area contributed by atoms with Gasteiger partial charge in [0, 0.05) is 6.20 Å². The standard InChI is InChI=1S/C15H27NO3Si/c1-14(2,3)18-13(17)16-10-9-12(11-16)19-20(7,8)15(4,5)6/h9-11H,1-8H3. The molecule has 0 aromatic carbocycles. The Morgan fingerprint density at radius 2 is 1.70 bits per heavy atom. The summed E-state index contributed by atoms with van der Waals surface area (Å²) < 4.78 is 12.9. The van der Waals surface area contributed by atoms with Crippen LogP contribution in [-0.2, 0) is 4.74 Å². The smallest absolute Gasteiger partial charge is 0.418 e. The average Bonchev–Trinajstić information content (AvgIpc) is 2.60. The molecule has 0 aliphatic carbocycles. The predicted molar refractivity (Wildman–Crippen MR) is 83.9 cm³/mol. The van der Waals surface area contributed by atoms with Gasteiger partial charge in [-0.2, -0.15) is 0 Å². The van der Waals surface area contributed by atoms with E-state index in [1.54, 1.807) is 12.4 Å². The minimum atomic E-state index is -1.88. The molecule has 0 unspecified atom stereocenters. The first-order valence-corrected chi connectivity index (χ1v) is 9.83. The third-order valence-electron chi connectivity index (χ3n) is 3.45. The van der Waals surface area contributed by atoms with Crippen molar-refractivity contribution in [1.82, 2.24) is 4.57 Å². The van der Waals surface area contributed by atoms with E-state index >= 15 is 0 Å². The highest BCUT2D eigenvalue weighted by atomic mass is 28.4. The van der Waals surface area contributed by atoms with Crippen LogP contribution in [-0.4, -0.2) is 24.6 Å². The number of ether oxygens (including phenoxy) is 1. The van der Waals surface area contributed by atoms with Crippen molar-refractivity contribution in [1.29, 1.82) is 0 Å². The highest BCUT2D eigenvalue weighted by Crippen LogP contribution is 2.37. The molecule has 0 saturated carbocycles. The second-order valence-electron chi connectivity index (χ2n) is 7.60. The maximum absolute atomic E-state index is 11.9. The van der Waals surface area contributed by atoms with Crippen LogP contribution in [0.1, 0.15) is 41.5 Å². The van der Waals surface area contributed by atoms with E-state index in [-0.39, 0.29) is 11.1 Å². The molecule has 1 aromatic heterocycles. The van der Waals surface area contributed by atoms with Crippen LogP contribution in [0.5, 0.6) is 5.75 Å². The Bertz CT molecular complexity index is 478. The second kappa shape index (κ2) is 5.28. The van der Waals surface area contributed by atoms with Crippen LogP contribution in [0.15, 0.2) is 18.5 Å². The first-order chi connectivity index (χ1) is 8.82. The van der Waals surface area contributed by atoms with E-state index in [2.05, 4.69) is 33.9 Å². The molecule has 0 bridgehead atoms. The number of nitrogens with zero attached hydrogens (tertiary/aromatic N) is 1. The summed E-state index contributed by atoms with van der Waals surface area (Å²) in [5.74, 6) is 0.724. The summed E-state index contributed by atoms with van der Waals surface area (Å²) in [6.07, 6.45) is 2.98. The van der Waals surface area contributed by atoms with E-state index in [0.29, 0.717) is 0 Å². The fraction of sp³-hybridized carbons (Fsp3) is 0.667. The number of hydrogen-bond acceptors (Lipinski definition) is 3. The molecule has 1 aromatic rings. The van der Waals surface area contributed by atoms with Gasteiger partial charge in [0.1, 0.15) is 11.4 Å². The van der Waals surface area contributed by atoms with Gasteiger partial charge in [-0.3, -0.25) is 4.57 Å². The lowest BCUT2D eigenvalue weighted by molar-refractivity contribution is 0.0537. The molecule has 0 aliphatic rings. The van der Waals surface area contributed by atoms with Crippen molar-refractivity contribution in [2.75, 3.05) is 0 Å². The molecule has 0 N–H and O–H groups in total. The monoisotopic (exact) mass is 297 g/mol. The molecule has 4 nitrogen and oxygen atoms in total. The Kier molecular flexibility index (Phi) is 4.44. The van der Waals surface area contributed by atoms with Crippen molar-refractivity contribution < 1.29 is 14.0 Å². The van der Waals surface area contributed by atoms with Crippen LogP contribution < -0.4 is 4.43 Å². The second-order valence-corrected chi connectivity index (χ2v) is 12.3. The molecule has 5 heteroatoms. The first-order valence-electron chi connectivity index (χ1n) is 6.92. The molecule has 0 fully saturated rings. The zero-order valence-electron chi connectivity index (χ0n) is 13.9. The van der Waals surface area contributed by atoms with Gasteiger partial charge in [0.05, 0.1) is 6.20 Å². The SMILES string of the molecule is CC(C)(C)OC(=O)n1ccc(O[Si](C)(C)C(C)(C)C)c1. The molecule has 0 amide bonds. The largest absolute Gasteiger partial charge is 0.542 e. The van der Waals surface area contributed by atoms with E-state index in [1.165, 1.54) is 4.57 Å². The number of rotatable bonds is 2. The molecule has 0 spiro atoms. The van der Waals surface area contributed by atoms with Crippen molar-refractivity contribution in [3.8, 4) is 5.75 Å². The van der Waals surface area contributed by atoms with Crippen LogP contribution in [0.2, 0.25) is 18.1 Å². The third kappa shape index (κ3) is 4.40. The van der Waals surface area contributed by atoms with Crippen LogP contribution in [0.4, 0.5) is 4.79 Å². The quantitative estimate of drug-likeness (QED) is 0.746. The highest BCUT2D eigenvalue weighted by Gasteiger charge is 2.39. The maximum atomic E-state index is 11.9. The minimum Gasteiger partial charge on any atom is -0.542 e. The highest BCUT2D eigenvalue weighted by molar-refractivity contribution is 6.74. The Hall–Kier alpha value is -1.23. The first kappa shape index (κ1) is 16.8. The Labute approximate surface area is 123 Å². The lowest BCUT2D eigenvalue weighted by Crippen LogP contribution is -2.43.